The van der Waals surface area contributed by atoms with Crippen LogP contribution in [0.3, 0.4) is 0 Å². The maximum atomic E-state index is 12.4. The smallest absolute Gasteiger partial charge is 0.244 e. The third-order valence-corrected chi connectivity index (χ3v) is 5.61. The van der Waals surface area contributed by atoms with Gasteiger partial charge in [0.25, 0.3) is 0 Å². The lowest BCUT2D eigenvalue weighted by atomic mass is 9.99. The first kappa shape index (κ1) is 21.8. The Morgan fingerprint density at radius 3 is 2.53 bits per heavy atom. The molecule has 0 saturated carbocycles. The van der Waals surface area contributed by atoms with Crippen molar-refractivity contribution >= 4 is 17.7 Å². The lowest BCUT2D eigenvalue weighted by Gasteiger charge is -2.33. The molecule has 0 aromatic heterocycles. The molecule has 0 aliphatic carbocycles. The van der Waals surface area contributed by atoms with Crippen LogP contribution < -0.4 is 19.7 Å². The van der Waals surface area contributed by atoms with Gasteiger partial charge in [-0.25, -0.2) is 0 Å². The molecular formula is C25H32N2O3. The normalized spacial score (nSPS) is 17.6. The summed E-state index contributed by atoms with van der Waals surface area (Å²) in [7, 11) is 3.19. The Bertz CT molecular complexity index is 876. The van der Waals surface area contributed by atoms with Gasteiger partial charge >= 0.3 is 0 Å². The molecular weight excluding hydrogens is 376 g/mol. The van der Waals surface area contributed by atoms with Crippen molar-refractivity contribution in [1.29, 1.82) is 0 Å². The minimum Gasteiger partial charge on any atom is -0.493 e. The second kappa shape index (κ2) is 10.2. The highest BCUT2D eigenvalue weighted by atomic mass is 16.5. The van der Waals surface area contributed by atoms with Crippen molar-refractivity contribution < 1.29 is 14.3 Å². The van der Waals surface area contributed by atoms with Crippen LogP contribution in [0.2, 0.25) is 0 Å². The number of carbonyl (C=O) groups is 1. The maximum Gasteiger partial charge on any atom is 0.244 e. The number of rotatable bonds is 7. The minimum atomic E-state index is -0.133. The number of piperidine rings is 1. The lowest BCUT2D eigenvalue weighted by Crippen LogP contribution is -2.34. The van der Waals surface area contributed by atoms with Gasteiger partial charge in [-0.15, -0.1) is 0 Å². The van der Waals surface area contributed by atoms with E-state index in [1.54, 1.807) is 26.4 Å². The van der Waals surface area contributed by atoms with E-state index in [4.69, 9.17) is 9.47 Å². The number of hydrogen-bond donors (Lipinski definition) is 1. The number of hydrogen-bond acceptors (Lipinski definition) is 4. The minimum absolute atomic E-state index is 0.0677. The molecule has 0 bridgehead atoms. The summed E-state index contributed by atoms with van der Waals surface area (Å²) in [5.74, 6) is 1.91. The van der Waals surface area contributed by atoms with Crippen molar-refractivity contribution in [1.82, 2.24) is 5.32 Å². The van der Waals surface area contributed by atoms with Gasteiger partial charge in [-0.2, -0.15) is 0 Å². The molecule has 2 atom stereocenters. The molecule has 0 spiro atoms. The van der Waals surface area contributed by atoms with Crippen LogP contribution in [0.25, 0.3) is 6.08 Å². The van der Waals surface area contributed by atoms with Crippen molar-refractivity contribution in [3.05, 3.63) is 59.7 Å². The van der Waals surface area contributed by atoms with Gasteiger partial charge < -0.3 is 19.7 Å². The third-order valence-electron chi connectivity index (χ3n) is 5.61. The predicted molar refractivity (Wildman–Crippen MR) is 122 cm³/mol. The monoisotopic (exact) mass is 408 g/mol. The van der Waals surface area contributed by atoms with Crippen LogP contribution in [-0.4, -0.2) is 33.2 Å². The Hall–Kier alpha value is -2.95. The molecule has 1 fully saturated rings. The van der Waals surface area contributed by atoms with Crippen LogP contribution in [-0.2, 0) is 4.79 Å². The molecule has 0 unspecified atom stereocenters. The largest absolute Gasteiger partial charge is 0.493 e. The quantitative estimate of drug-likeness (QED) is 0.667. The molecule has 1 saturated heterocycles. The number of anilines is 1. The molecule has 2 aromatic rings. The SMILES string of the molecule is COc1ccc(/C=C/C(=O)N[C@H](C)c2ccc(N3CCC[C@@H](C)C3)cc2)cc1OC. The Balaban J connectivity index is 1.58. The molecule has 2 aromatic carbocycles. The van der Waals surface area contributed by atoms with Crippen molar-refractivity contribution in [3.8, 4) is 11.5 Å². The highest BCUT2D eigenvalue weighted by Crippen LogP contribution is 2.28. The highest BCUT2D eigenvalue weighted by molar-refractivity contribution is 5.92. The van der Waals surface area contributed by atoms with Crippen LogP contribution in [0.5, 0.6) is 11.5 Å². The maximum absolute atomic E-state index is 12.4. The number of benzene rings is 2. The van der Waals surface area contributed by atoms with Gasteiger partial charge in [0.05, 0.1) is 20.3 Å². The topological polar surface area (TPSA) is 50.8 Å². The molecule has 1 aliphatic rings. The molecule has 1 N–H and O–H groups in total. The van der Waals surface area contributed by atoms with Crippen molar-refractivity contribution in [3.63, 3.8) is 0 Å². The van der Waals surface area contributed by atoms with Gasteiger partial charge in [0.1, 0.15) is 0 Å². The molecule has 1 amide bonds. The van der Waals surface area contributed by atoms with E-state index >= 15 is 0 Å². The van der Waals surface area contributed by atoms with Crippen LogP contribution >= 0.6 is 0 Å². The third kappa shape index (κ3) is 5.56. The average Bonchev–Trinajstić information content (AvgIpc) is 2.77. The Kier molecular flexibility index (Phi) is 7.39. The van der Waals surface area contributed by atoms with E-state index in [1.807, 2.05) is 25.1 Å². The summed E-state index contributed by atoms with van der Waals surface area (Å²) in [6.07, 6.45) is 5.88. The van der Waals surface area contributed by atoms with Crippen LogP contribution in [0.1, 0.15) is 43.9 Å². The zero-order valence-electron chi connectivity index (χ0n) is 18.4. The number of methoxy groups -OCH3 is 2. The van der Waals surface area contributed by atoms with Crippen LogP contribution in [0.4, 0.5) is 5.69 Å². The Labute approximate surface area is 179 Å². The molecule has 160 valence electrons. The van der Waals surface area contributed by atoms with E-state index in [-0.39, 0.29) is 11.9 Å². The molecule has 30 heavy (non-hydrogen) atoms. The first-order valence-corrected chi connectivity index (χ1v) is 10.6. The highest BCUT2D eigenvalue weighted by Gasteiger charge is 2.17. The van der Waals surface area contributed by atoms with E-state index in [9.17, 15) is 4.79 Å². The molecule has 5 heteroatoms. The predicted octanol–water partition coefficient (Wildman–Crippen LogP) is 4.83. The van der Waals surface area contributed by atoms with E-state index in [0.29, 0.717) is 11.5 Å². The average molecular weight is 409 g/mol. The molecule has 1 heterocycles. The summed E-state index contributed by atoms with van der Waals surface area (Å²) >= 11 is 0. The van der Waals surface area contributed by atoms with Crippen LogP contribution in [0.15, 0.2) is 48.5 Å². The van der Waals surface area contributed by atoms with Crippen molar-refractivity contribution in [2.24, 2.45) is 5.92 Å². The van der Waals surface area contributed by atoms with Gasteiger partial charge in [0.2, 0.25) is 5.91 Å². The second-order valence-electron chi connectivity index (χ2n) is 7.96. The second-order valence-corrected chi connectivity index (χ2v) is 7.96. The summed E-state index contributed by atoms with van der Waals surface area (Å²) in [4.78, 5) is 14.8. The summed E-state index contributed by atoms with van der Waals surface area (Å²) in [5.41, 5.74) is 3.23. The first-order chi connectivity index (χ1) is 14.5. The zero-order valence-corrected chi connectivity index (χ0v) is 18.4. The fourth-order valence-corrected chi connectivity index (χ4v) is 3.87. The number of nitrogens with zero attached hydrogens (tertiary/aromatic N) is 1. The van der Waals surface area contributed by atoms with E-state index in [2.05, 4.69) is 41.4 Å². The number of ether oxygens (including phenoxy) is 2. The summed E-state index contributed by atoms with van der Waals surface area (Å²) in [6, 6.07) is 14.0. The first-order valence-electron chi connectivity index (χ1n) is 10.6. The lowest BCUT2D eigenvalue weighted by molar-refractivity contribution is -0.117. The molecule has 5 nitrogen and oxygen atoms in total. The van der Waals surface area contributed by atoms with Gasteiger partial charge in [-0.3, -0.25) is 4.79 Å². The van der Waals surface area contributed by atoms with E-state index in [1.165, 1.54) is 18.5 Å². The fraction of sp³-hybridized carbons (Fsp3) is 0.400. The van der Waals surface area contributed by atoms with Gasteiger partial charge in [-0.1, -0.05) is 25.1 Å². The standard InChI is InChI=1S/C25H32N2O3/c1-18-6-5-15-27(17-18)22-11-9-21(10-12-22)19(2)26-25(28)14-8-20-7-13-23(29-3)24(16-20)30-4/h7-14,16,18-19H,5-6,15,17H2,1-4H3,(H,26,28)/b14-8+/t18-,19-/m1/s1. The van der Waals surface area contributed by atoms with Crippen LogP contribution in [0, 0.1) is 5.92 Å². The van der Waals surface area contributed by atoms with Gasteiger partial charge in [0, 0.05) is 24.9 Å². The number of amides is 1. The fourth-order valence-electron chi connectivity index (χ4n) is 3.87. The Morgan fingerprint density at radius 2 is 1.87 bits per heavy atom. The van der Waals surface area contributed by atoms with Gasteiger partial charge in [0.15, 0.2) is 11.5 Å². The summed E-state index contributed by atoms with van der Waals surface area (Å²) < 4.78 is 10.5. The molecule has 3 rings (SSSR count). The van der Waals surface area contributed by atoms with E-state index < -0.39 is 0 Å². The summed E-state index contributed by atoms with van der Waals surface area (Å²) in [6.45, 7) is 6.55. The molecule has 0 radical (unpaired) electrons. The van der Waals surface area contributed by atoms with E-state index in [0.717, 1.165) is 30.1 Å². The van der Waals surface area contributed by atoms with Crippen molar-refractivity contribution in [2.75, 3.05) is 32.2 Å². The van der Waals surface area contributed by atoms with Gasteiger partial charge in [-0.05, 0) is 67.2 Å². The van der Waals surface area contributed by atoms with Crippen molar-refractivity contribution in [2.45, 2.75) is 32.7 Å². The zero-order chi connectivity index (χ0) is 21.5. The molecule has 1 aliphatic heterocycles. The summed E-state index contributed by atoms with van der Waals surface area (Å²) in [5, 5.41) is 3.03. The Morgan fingerprint density at radius 1 is 1.13 bits per heavy atom. The number of carbonyl (C=O) groups excluding carboxylic acids is 1. The number of nitrogens with one attached hydrogen (secondary N) is 1.